The predicted octanol–water partition coefficient (Wildman–Crippen LogP) is 2.29. The van der Waals surface area contributed by atoms with Gasteiger partial charge in [-0.2, -0.15) is 0 Å². The van der Waals surface area contributed by atoms with E-state index in [1.54, 1.807) is 0 Å². The largest absolute Gasteiger partial charge is 0.473 e. The molecular formula is C19H28N2O4. The Hall–Kier alpha value is -1.92. The number of carbonyl (C=O) groups is 2. The molecule has 0 radical (unpaired) electrons. The standard InChI is InChI=1S/C17H26N2.C2H2O4/c1-3-7-16(8-4-1)15-18-11-13-19(14-12-18)17-9-5-2-6-10-17;3-1(4)2(5)6/h1,3-4,7-8,17H,2,5-6,9-15H2;(H,3,4)(H,5,6). The van der Waals surface area contributed by atoms with Crippen LogP contribution in [0.4, 0.5) is 0 Å². The molecule has 3 rings (SSSR count). The highest BCUT2D eigenvalue weighted by molar-refractivity contribution is 6.27. The van der Waals surface area contributed by atoms with Gasteiger partial charge in [-0.3, -0.25) is 9.80 Å². The molecule has 6 nitrogen and oxygen atoms in total. The lowest BCUT2D eigenvalue weighted by Crippen LogP contribution is -2.50. The van der Waals surface area contributed by atoms with E-state index in [4.69, 9.17) is 19.8 Å². The van der Waals surface area contributed by atoms with Crippen LogP contribution >= 0.6 is 0 Å². The van der Waals surface area contributed by atoms with Crippen molar-refractivity contribution in [1.29, 1.82) is 0 Å². The van der Waals surface area contributed by atoms with Gasteiger partial charge in [-0.15, -0.1) is 0 Å². The third-order valence-electron chi connectivity index (χ3n) is 4.93. The van der Waals surface area contributed by atoms with Crippen LogP contribution in [0.25, 0.3) is 0 Å². The van der Waals surface area contributed by atoms with Crippen molar-refractivity contribution in [2.24, 2.45) is 0 Å². The molecule has 2 N–H and O–H groups in total. The third-order valence-corrected chi connectivity index (χ3v) is 4.93. The van der Waals surface area contributed by atoms with Crippen LogP contribution in [0.5, 0.6) is 0 Å². The first-order valence-electron chi connectivity index (χ1n) is 9.03. The quantitative estimate of drug-likeness (QED) is 0.816. The van der Waals surface area contributed by atoms with E-state index in [1.165, 1.54) is 63.8 Å². The van der Waals surface area contributed by atoms with Gasteiger partial charge in [-0.05, 0) is 18.4 Å². The molecule has 0 bridgehead atoms. The van der Waals surface area contributed by atoms with Crippen molar-refractivity contribution in [3.63, 3.8) is 0 Å². The zero-order valence-corrected chi connectivity index (χ0v) is 14.6. The van der Waals surface area contributed by atoms with Crippen LogP contribution in [0, 0.1) is 0 Å². The van der Waals surface area contributed by atoms with E-state index in [1.807, 2.05) is 0 Å². The van der Waals surface area contributed by atoms with Crippen LogP contribution in [0.2, 0.25) is 0 Å². The van der Waals surface area contributed by atoms with Crippen molar-refractivity contribution in [3.05, 3.63) is 35.9 Å². The zero-order valence-electron chi connectivity index (χ0n) is 14.6. The van der Waals surface area contributed by atoms with Crippen LogP contribution in [0.1, 0.15) is 37.7 Å². The summed E-state index contributed by atoms with van der Waals surface area (Å²) in [5.74, 6) is -3.65. The highest BCUT2D eigenvalue weighted by atomic mass is 16.4. The van der Waals surface area contributed by atoms with Crippen molar-refractivity contribution in [1.82, 2.24) is 9.80 Å². The van der Waals surface area contributed by atoms with Crippen molar-refractivity contribution in [2.75, 3.05) is 26.2 Å². The Morgan fingerprint density at radius 3 is 1.96 bits per heavy atom. The molecule has 1 aliphatic carbocycles. The number of nitrogens with zero attached hydrogens (tertiary/aromatic N) is 2. The predicted molar refractivity (Wildman–Crippen MR) is 95.4 cm³/mol. The summed E-state index contributed by atoms with van der Waals surface area (Å²) in [5.41, 5.74) is 1.45. The van der Waals surface area contributed by atoms with E-state index in [2.05, 4.69) is 40.1 Å². The Labute approximate surface area is 149 Å². The molecule has 0 aromatic heterocycles. The number of aliphatic carboxylic acids is 2. The Bertz CT molecular complexity index is 524. The second kappa shape index (κ2) is 10.2. The van der Waals surface area contributed by atoms with Gasteiger partial charge in [0, 0.05) is 38.8 Å². The molecule has 1 heterocycles. The van der Waals surface area contributed by atoms with Gasteiger partial charge in [0.05, 0.1) is 0 Å². The van der Waals surface area contributed by atoms with Gasteiger partial charge in [0.15, 0.2) is 0 Å². The summed E-state index contributed by atoms with van der Waals surface area (Å²) in [6.45, 7) is 6.16. The van der Waals surface area contributed by atoms with Crippen LogP contribution in [0.3, 0.4) is 0 Å². The maximum Gasteiger partial charge on any atom is 0.414 e. The van der Waals surface area contributed by atoms with E-state index >= 15 is 0 Å². The molecule has 138 valence electrons. The van der Waals surface area contributed by atoms with Crippen LogP contribution < -0.4 is 0 Å². The summed E-state index contributed by atoms with van der Waals surface area (Å²) in [5, 5.41) is 14.8. The average Bonchev–Trinajstić information content (AvgIpc) is 2.64. The number of carboxylic acid groups (broad SMARTS) is 2. The maximum atomic E-state index is 9.10. The first kappa shape index (κ1) is 19.4. The van der Waals surface area contributed by atoms with E-state index in [0.29, 0.717) is 0 Å². The normalized spacial score (nSPS) is 19.7. The number of carboxylic acids is 2. The smallest absolute Gasteiger partial charge is 0.414 e. The Kier molecular flexibility index (Phi) is 7.88. The SMILES string of the molecule is O=C(O)C(=O)O.c1ccc(CN2CCN(C3CCCCC3)CC2)cc1. The Balaban J connectivity index is 0.000000326. The first-order chi connectivity index (χ1) is 12.1. The van der Waals surface area contributed by atoms with Crippen molar-refractivity contribution in [3.8, 4) is 0 Å². The molecule has 1 saturated carbocycles. The van der Waals surface area contributed by atoms with Gasteiger partial charge >= 0.3 is 11.9 Å². The Morgan fingerprint density at radius 2 is 1.44 bits per heavy atom. The van der Waals surface area contributed by atoms with Gasteiger partial charge in [-0.1, -0.05) is 49.6 Å². The van der Waals surface area contributed by atoms with Crippen molar-refractivity contribution < 1.29 is 19.8 Å². The molecule has 0 atom stereocenters. The molecule has 1 aromatic carbocycles. The molecule has 1 aromatic rings. The molecule has 0 amide bonds. The second-order valence-corrected chi connectivity index (χ2v) is 6.70. The molecule has 6 heteroatoms. The van der Waals surface area contributed by atoms with Gasteiger partial charge in [0.2, 0.25) is 0 Å². The number of hydrogen-bond acceptors (Lipinski definition) is 4. The van der Waals surface area contributed by atoms with E-state index in [0.717, 1.165) is 12.6 Å². The summed E-state index contributed by atoms with van der Waals surface area (Å²) < 4.78 is 0. The van der Waals surface area contributed by atoms with Gasteiger partial charge < -0.3 is 10.2 Å². The molecule has 1 saturated heterocycles. The monoisotopic (exact) mass is 348 g/mol. The number of rotatable bonds is 3. The number of hydrogen-bond donors (Lipinski definition) is 2. The summed E-state index contributed by atoms with van der Waals surface area (Å²) >= 11 is 0. The lowest BCUT2D eigenvalue weighted by atomic mass is 9.94. The lowest BCUT2D eigenvalue weighted by Gasteiger charge is -2.40. The molecule has 2 aliphatic rings. The van der Waals surface area contributed by atoms with Crippen LogP contribution in [-0.4, -0.2) is 64.2 Å². The van der Waals surface area contributed by atoms with E-state index < -0.39 is 11.9 Å². The average molecular weight is 348 g/mol. The summed E-state index contributed by atoms with van der Waals surface area (Å²) in [7, 11) is 0. The van der Waals surface area contributed by atoms with Crippen LogP contribution in [-0.2, 0) is 16.1 Å². The third kappa shape index (κ3) is 6.84. The molecule has 25 heavy (non-hydrogen) atoms. The first-order valence-corrected chi connectivity index (χ1v) is 9.03. The topological polar surface area (TPSA) is 81.1 Å². The molecule has 1 aliphatic heterocycles. The van der Waals surface area contributed by atoms with E-state index in [9.17, 15) is 0 Å². The summed E-state index contributed by atoms with van der Waals surface area (Å²) in [6.07, 6.45) is 7.26. The minimum atomic E-state index is -1.82. The van der Waals surface area contributed by atoms with E-state index in [-0.39, 0.29) is 0 Å². The zero-order chi connectivity index (χ0) is 18.1. The molecule has 2 fully saturated rings. The fraction of sp³-hybridized carbons (Fsp3) is 0.579. The van der Waals surface area contributed by atoms with Gasteiger partial charge in [-0.25, -0.2) is 9.59 Å². The maximum absolute atomic E-state index is 9.10. The van der Waals surface area contributed by atoms with Gasteiger partial charge in [0.25, 0.3) is 0 Å². The minimum Gasteiger partial charge on any atom is -0.473 e. The molecular weight excluding hydrogens is 320 g/mol. The number of piperazine rings is 1. The summed E-state index contributed by atoms with van der Waals surface area (Å²) in [4.78, 5) is 23.6. The molecule has 0 unspecified atom stereocenters. The van der Waals surface area contributed by atoms with Gasteiger partial charge in [0.1, 0.15) is 0 Å². The highest BCUT2D eigenvalue weighted by Gasteiger charge is 2.24. The van der Waals surface area contributed by atoms with Crippen LogP contribution in [0.15, 0.2) is 30.3 Å². The number of benzene rings is 1. The fourth-order valence-electron chi connectivity index (χ4n) is 3.57. The lowest BCUT2D eigenvalue weighted by molar-refractivity contribution is -0.159. The highest BCUT2D eigenvalue weighted by Crippen LogP contribution is 2.23. The van der Waals surface area contributed by atoms with Crippen molar-refractivity contribution in [2.45, 2.75) is 44.7 Å². The second-order valence-electron chi connectivity index (χ2n) is 6.70. The fourth-order valence-corrected chi connectivity index (χ4v) is 3.57. The Morgan fingerprint density at radius 1 is 0.880 bits per heavy atom. The van der Waals surface area contributed by atoms with Crippen molar-refractivity contribution >= 4 is 11.9 Å². The minimum absolute atomic E-state index is 0.896. The molecule has 0 spiro atoms. The summed E-state index contributed by atoms with van der Waals surface area (Å²) in [6, 6.07) is 11.8.